The molecule has 20 heavy (non-hydrogen) atoms. The standard InChI is InChI=1S/C18H36N2/c1-5-9-16(14-19-18(2,3)4)20-13-8-12-17(20)15-10-6-7-11-15/h15-17,19H,5-14H2,1-4H3. The zero-order valence-corrected chi connectivity index (χ0v) is 14.3. The fourth-order valence-corrected chi connectivity index (χ4v) is 4.26. The van der Waals surface area contributed by atoms with Crippen LogP contribution in [0.3, 0.4) is 0 Å². The third-order valence-corrected chi connectivity index (χ3v) is 5.25. The van der Waals surface area contributed by atoms with Crippen LogP contribution in [0.2, 0.25) is 0 Å². The lowest BCUT2D eigenvalue weighted by Crippen LogP contribution is -2.50. The van der Waals surface area contributed by atoms with Gasteiger partial charge in [-0.3, -0.25) is 4.90 Å². The summed E-state index contributed by atoms with van der Waals surface area (Å²) in [4.78, 5) is 2.89. The summed E-state index contributed by atoms with van der Waals surface area (Å²) in [7, 11) is 0. The Kier molecular flexibility index (Phi) is 5.92. The van der Waals surface area contributed by atoms with Crippen molar-refractivity contribution in [1.82, 2.24) is 10.2 Å². The van der Waals surface area contributed by atoms with Crippen molar-refractivity contribution < 1.29 is 0 Å². The van der Waals surface area contributed by atoms with E-state index in [4.69, 9.17) is 0 Å². The number of rotatable bonds is 6. The molecule has 2 rings (SSSR count). The van der Waals surface area contributed by atoms with E-state index >= 15 is 0 Å². The molecule has 0 aromatic heterocycles. The summed E-state index contributed by atoms with van der Waals surface area (Å²) in [6, 6.07) is 1.66. The van der Waals surface area contributed by atoms with Gasteiger partial charge in [0.2, 0.25) is 0 Å². The minimum Gasteiger partial charge on any atom is -0.311 e. The molecule has 0 spiro atoms. The van der Waals surface area contributed by atoms with E-state index in [-0.39, 0.29) is 5.54 Å². The topological polar surface area (TPSA) is 15.3 Å². The van der Waals surface area contributed by atoms with Crippen molar-refractivity contribution in [2.75, 3.05) is 13.1 Å². The van der Waals surface area contributed by atoms with Crippen molar-refractivity contribution in [3.8, 4) is 0 Å². The number of hydrogen-bond donors (Lipinski definition) is 1. The van der Waals surface area contributed by atoms with Gasteiger partial charge in [0, 0.05) is 24.2 Å². The maximum Gasteiger partial charge on any atom is 0.0223 e. The maximum atomic E-state index is 3.75. The number of nitrogens with one attached hydrogen (secondary N) is 1. The second kappa shape index (κ2) is 7.26. The summed E-state index contributed by atoms with van der Waals surface area (Å²) in [5, 5.41) is 3.75. The molecule has 2 nitrogen and oxygen atoms in total. The van der Waals surface area contributed by atoms with Gasteiger partial charge in [-0.1, -0.05) is 26.2 Å². The lowest BCUT2D eigenvalue weighted by Gasteiger charge is -2.37. The molecular formula is C18H36N2. The first-order chi connectivity index (χ1) is 9.51. The van der Waals surface area contributed by atoms with Crippen molar-refractivity contribution in [2.24, 2.45) is 5.92 Å². The van der Waals surface area contributed by atoms with Gasteiger partial charge in [-0.05, 0) is 65.3 Å². The Morgan fingerprint density at radius 1 is 1.10 bits per heavy atom. The van der Waals surface area contributed by atoms with Crippen molar-refractivity contribution in [1.29, 1.82) is 0 Å². The largest absolute Gasteiger partial charge is 0.311 e. The molecular weight excluding hydrogens is 244 g/mol. The molecule has 1 saturated carbocycles. The van der Waals surface area contributed by atoms with E-state index in [1.165, 1.54) is 64.5 Å². The molecule has 2 fully saturated rings. The third-order valence-electron chi connectivity index (χ3n) is 5.25. The Hall–Kier alpha value is -0.0800. The Balaban J connectivity index is 1.95. The highest BCUT2D eigenvalue weighted by Crippen LogP contribution is 2.36. The second-order valence-corrected chi connectivity index (χ2v) is 8.07. The summed E-state index contributed by atoms with van der Waals surface area (Å²) in [5.41, 5.74) is 0.245. The summed E-state index contributed by atoms with van der Waals surface area (Å²) >= 11 is 0. The van der Waals surface area contributed by atoms with Gasteiger partial charge in [0.15, 0.2) is 0 Å². The summed E-state index contributed by atoms with van der Waals surface area (Å²) in [6.45, 7) is 11.7. The highest BCUT2D eigenvalue weighted by Gasteiger charge is 2.36. The molecule has 1 N–H and O–H groups in total. The molecule has 2 atom stereocenters. The first kappa shape index (κ1) is 16.3. The molecule has 1 saturated heterocycles. The Morgan fingerprint density at radius 2 is 1.80 bits per heavy atom. The van der Waals surface area contributed by atoms with E-state index in [0.717, 1.165) is 18.0 Å². The normalized spacial score (nSPS) is 27.3. The average Bonchev–Trinajstić information content (AvgIpc) is 3.02. The van der Waals surface area contributed by atoms with Crippen LogP contribution in [0.5, 0.6) is 0 Å². The third kappa shape index (κ3) is 4.46. The molecule has 0 radical (unpaired) electrons. The molecule has 1 heterocycles. The molecule has 0 aromatic carbocycles. The monoisotopic (exact) mass is 280 g/mol. The second-order valence-electron chi connectivity index (χ2n) is 8.07. The molecule has 0 bridgehead atoms. The van der Waals surface area contributed by atoms with Crippen LogP contribution < -0.4 is 5.32 Å². The van der Waals surface area contributed by atoms with Gasteiger partial charge in [0.25, 0.3) is 0 Å². The van der Waals surface area contributed by atoms with Crippen LogP contribution in [0.25, 0.3) is 0 Å². The molecule has 2 unspecified atom stereocenters. The summed E-state index contributed by atoms with van der Waals surface area (Å²) in [5.74, 6) is 1.01. The fourth-order valence-electron chi connectivity index (χ4n) is 4.26. The number of likely N-dealkylation sites (tertiary alicyclic amines) is 1. The summed E-state index contributed by atoms with van der Waals surface area (Å²) < 4.78 is 0. The van der Waals surface area contributed by atoms with Gasteiger partial charge >= 0.3 is 0 Å². The van der Waals surface area contributed by atoms with Gasteiger partial charge in [-0.25, -0.2) is 0 Å². The first-order valence-corrected chi connectivity index (χ1v) is 9.02. The van der Waals surface area contributed by atoms with Gasteiger partial charge in [-0.15, -0.1) is 0 Å². The molecule has 2 heteroatoms. The van der Waals surface area contributed by atoms with Crippen LogP contribution in [0.1, 0.15) is 79.1 Å². The van der Waals surface area contributed by atoms with Crippen LogP contribution in [-0.4, -0.2) is 35.6 Å². The molecule has 1 aliphatic heterocycles. The minimum atomic E-state index is 0.245. The van der Waals surface area contributed by atoms with Gasteiger partial charge in [0.1, 0.15) is 0 Å². The SMILES string of the molecule is CCCC(CNC(C)(C)C)N1CCCC1C1CCCC1. The average molecular weight is 280 g/mol. The van der Waals surface area contributed by atoms with Gasteiger partial charge < -0.3 is 5.32 Å². The minimum absolute atomic E-state index is 0.245. The number of nitrogens with zero attached hydrogens (tertiary/aromatic N) is 1. The highest BCUT2D eigenvalue weighted by atomic mass is 15.2. The van der Waals surface area contributed by atoms with Crippen molar-refractivity contribution in [2.45, 2.75) is 96.7 Å². The fraction of sp³-hybridized carbons (Fsp3) is 1.00. The Labute approximate surface area is 126 Å². The van der Waals surface area contributed by atoms with E-state index in [0.29, 0.717) is 0 Å². The predicted octanol–water partition coefficient (Wildman–Crippen LogP) is 4.20. The van der Waals surface area contributed by atoms with Crippen LogP contribution in [0, 0.1) is 5.92 Å². The number of hydrogen-bond acceptors (Lipinski definition) is 2. The molecule has 118 valence electrons. The van der Waals surface area contributed by atoms with Crippen LogP contribution in [-0.2, 0) is 0 Å². The van der Waals surface area contributed by atoms with Crippen LogP contribution in [0.4, 0.5) is 0 Å². The lowest BCUT2D eigenvalue weighted by molar-refractivity contribution is 0.120. The zero-order valence-electron chi connectivity index (χ0n) is 14.3. The van der Waals surface area contributed by atoms with Crippen LogP contribution >= 0.6 is 0 Å². The van der Waals surface area contributed by atoms with Gasteiger partial charge in [0.05, 0.1) is 0 Å². The highest BCUT2D eigenvalue weighted by molar-refractivity contribution is 4.92. The quantitative estimate of drug-likeness (QED) is 0.784. The predicted molar refractivity (Wildman–Crippen MR) is 88.1 cm³/mol. The van der Waals surface area contributed by atoms with Gasteiger partial charge in [-0.2, -0.15) is 0 Å². The van der Waals surface area contributed by atoms with E-state index in [9.17, 15) is 0 Å². The van der Waals surface area contributed by atoms with E-state index < -0.39 is 0 Å². The van der Waals surface area contributed by atoms with Crippen molar-refractivity contribution in [3.05, 3.63) is 0 Å². The smallest absolute Gasteiger partial charge is 0.0223 e. The van der Waals surface area contributed by atoms with E-state index in [1.807, 2.05) is 0 Å². The molecule has 1 aliphatic carbocycles. The van der Waals surface area contributed by atoms with E-state index in [1.54, 1.807) is 0 Å². The maximum absolute atomic E-state index is 3.75. The zero-order chi connectivity index (χ0) is 14.6. The molecule has 0 aromatic rings. The molecule has 0 amide bonds. The Morgan fingerprint density at radius 3 is 2.40 bits per heavy atom. The van der Waals surface area contributed by atoms with E-state index in [2.05, 4.69) is 37.9 Å². The Bertz CT molecular complexity index is 276. The lowest BCUT2D eigenvalue weighted by atomic mass is 9.94. The van der Waals surface area contributed by atoms with Crippen LogP contribution in [0.15, 0.2) is 0 Å². The van der Waals surface area contributed by atoms with Crippen molar-refractivity contribution in [3.63, 3.8) is 0 Å². The summed E-state index contributed by atoms with van der Waals surface area (Å²) in [6.07, 6.45) is 11.5. The molecule has 2 aliphatic rings. The van der Waals surface area contributed by atoms with Crippen molar-refractivity contribution >= 4 is 0 Å². The first-order valence-electron chi connectivity index (χ1n) is 9.02.